The van der Waals surface area contributed by atoms with Gasteiger partial charge < -0.3 is 14.7 Å². The van der Waals surface area contributed by atoms with Gasteiger partial charge >= 0.3 is 0 Å². The van der Waals surface area contributed by atoms with Crippen molar-refractivity contribution in [3.8, 4) is 0 Å². The third kappa shape index (κ3) is 4.40. The van der Waals surface area contributed by atoms with Gasteiger partial charge in [0.15, 0.2) is 0 Å². The van der Waals surface area contributed by atoms with Crippen LogP contribution in [0.1, 0.15) is 75.3 Å². The fourth-order valence-corrected chi connectivity index (χ4v) is 8.87. The lowest BCUT2D eigenvalue weighted by molar-refractivity contribution is -0.123. The normalized spacial score (nSPS) is 33.9. The van der Waals surface area contributed by atoms with Gasteiger partial charge in [0.2, 0.25) is 5.91 Å². The molecule has 1 N–H and O–H groups in total. The van der Waals surface area contributed by atoms with Gasteiger partial charge in [0.1, 0.15) is 11.9 Å². The standard InChI is InChI=1S/C33H42N2O5/c1-39-34-13-12-33-18-21(10-11-29(33)40-28-17-26(36)15-25(19-34)31(28)33)6-3-2-4-9-27(37)24-14-22-7-5-8-23-16-30(38)35(20-24)32(22)23/h5,7-8,12-13,21,24-26,29,36H,2-4,6,9-11,14-20H2,1H3/t21?,24?,25-,26-,29+,33?/m1/s1. The number of carbonyl (C=O) groups is 2. The molecule has 1 aromatic rings. The van der Waals surface area contributed by atoms with Gasteiger partial charge in [-0.1, -0.05) is 43.5 Å². The Morgan fingerprint density at radius 2 is 2.02 bits per heavy atom. The number of nitrogens with zero attached hydrogens (tertiary/aromatic N) is 2. The molecule has 0 saturated heterocycles. The number of unbranched alkanes of at least 4 members (excludes halogenated alkanes) is 2. The average Bonchev–Trinajstić information content (AvgIpc) is 3.39. The number of anilines is 1. The summed E-state index contributed by atoms with van der Waals surface area (Å²) >= 11 is 0. The number of rotatable bonds is 8. The second-order valence-corrected chi connectivity index (χ2v) is 13.1. The first-order valence-electron chi connectivity index (χ1n) is 15.5. The van der Waals surface area contributed by atoms with Crippen molar-refractivity contribution in [2.24, 2.45) is 23.2 Å². The third-order valence-corrected chi connectivity index (χ3v) is 10.7. The molecule has 214 valence electrons. The summed E-state index contributed by atoms with van der Waals surface area (Å²) in [6, 6.07) is 6.15. The van der Waals surface area contributed by atoms with E-state index in [2.05, 4.69) is 18.3 Å². The summed E-state index contributed by atoms with van der Waals surface area (Å²) in [5.74, 6) is 2.33. The fourth-order valence-electron chi connectivity index (χ4n) is 8.87. The van der Waals surface area contributed by atoms with Crippen LogP contribution in [0.5, 0.6) is 0 Å². The number of aliphatic hydroxyl groups is 1. The van der Waals surface area contributed by atoms with Crippen LogP contribution in [0, 0.1) is 23.2 Å². The molecular formula is C33H42N2O5. The molecule has 2 aliphatic carbocycles. The number of Topliss-reactive ketones (excluding diaryl/α,β-unsaturated/α-hetero) is 1. The predicted octanol–water partition coefficient (Wildman–Crippen LogP) is 4.87. The highest BCUT2D eigenvalue weighted by molar-refractivity contribution is 6.03. The van der Waals surface area contributed by atoms with Crippen molar-refractivity contribution in [1.29, 1.82) is 0 Å². The van der Waals surface area contributed by atoms with Gasteiger partial charge in [0, 0.05) is 37.4 Å². The molecule has 1 amide bonds. The lowest BCUT2D eigenvalue weighted by Crippen LogP contribution is -2.41. The Labute approximate surface area is 237 Å². The van der Waals surface area contributed by atoms with Crippen LogP contribution in [0.2, 0.25) is 0 Å². The Morgan fingerprint density at radius 3 is 2.90 bits per heavy atom. The van der Waals surface area contributed by atoms with Crippen molar-refractivity contribution < 1.29 is 24.3 Å². The Morgan fingerprint density at radius 1 is 1.15 bits per heavy atom. The molecule has 4 aliphatic heterocycles. The molecular weight excluding hydrogens is 504 g/mol. The molecule has 1 fully saturated rings. The maximum absolute atomic E-state index is 13.1. The first-order valence-corrected chi connectivity index (χ1v) is 15.5. The molecule has 6 aliphatic rings. The van der Waals surface area contributed by atoms with Gasteiger partial charge in [0.25, 0.3) is 0 Å². The molecule has 1 spiro atoms. The highest BCUT2D eigenvalue weighted by Crippen LogP contribution is 2.59. The van der Waals surface area contributed by atoms with Crippen LogP contribution >= 0.6 is 0 Å². The number of ketones is 1. The lowest BCUT2D eigenvalue weighted by Gasteiger charge is -2.42. The Kier molecular flexibility index (Phi) is 6.78. The number of ether oxygens (including phenoxy) is 1. The van der Waals surface area contributed by atoms with Gasteiger partial charge in [-0.25, -0.2) is 0 Å². The zero-order valence-corrected chi connectivity index (χ0v) is 23.6. The summed E-state index contributed by atoms with van der Waals surface area (Å²) < 4.78 is 6.54. The number of carbonyl (C=O) groups excluding carboxylic acids is 2. The smallest absolute Gasteiger partial charge is 0.231 e. The van der Waals surface area contributed by atoms with Crippen LogP contribution < -0.4 is 4.90 Å². The van der Waals surface area contributed by atoms with E-state index in [0.717, 1.165) is 74.1 Å². The minimum Gasteiger partial charge on any atom is -0.493 e. The monoisotopic (exact) mass is 546 g/mol. The van der Waals surface area contributed by atoms with Crippen LogP contribution in [0.15, 0.2) is 41.8 Å². The first-order chi connectivity index (χ1) is 19.4. The summed E-state index contributed by atoms with van der Waals surface area (Å²) in [5, 5.41) is 12.5. The van der Waals surface area contributed by atoms with Crippen LogP contribution in [-0.4, -0.2) is 54.3 Å². The molecule has 7 heteroatoms. The number of aliphatic hydroxyl groups excluding tert-OH is 1. The summed E-state index contributed by atoms with van der Waals surface area (Å²) in [5.41, 5.74) is 4.72. The van der Waals surface area contributed by atoms with E-state index in [1.165, 1.54) is 18.4 Å². The topological polar surface area (TPSA) is 79.3 Å². The van der Waals surface area contributed by atoms with Gasteiger partial charge in [0.05, 0.1) is 43.0 Å². The molecule has 1 aromatic carbocycles. The number of para-hydroxylation sites is 1. The average molecular weight is 547 g/mol. The number of benzene rings is 1. The van der Waals surface area contributed by atoms with E-state index in [-0.39, 0.29) is 35.4 Å². The summed E-state index contributed by atoms with van der Waals surface area (Å²) in [6.45, 7) is 1.32. The van der Waals surface area contributed by atoms with Crippen LogP contribution in [0.3, 0.4) is 0 Å². The predicted molar refractivity (Wildman–Crippen MR) is 151 cm³/mol. The van der Waals surface area contributed by atoms with E-state index in [9.17, 15) is 14.7 Å². The summed E-state index contributed by atoms with van der Waals surface area (Å²) in [4.78, 5) is 33.1. The quantitative estimate of drug-likeness (QED) is 0.469. The zero-order valence-electron chi connectivity index (χ0n) is 23.6. The van der Waals surface area contributed by atoms with Crippen molar-refractivity contribution in [3.63, 3.8) is 0 Å². The van der Waals surface area contributed by atoms with E-state index in [0.29, 0.717) is 37.5 Å². The highest BCUT2D eigenvalue weighted by atomic mass is 16.7. The zero-order chi connectivity index (χ0) is 27.4. The number of hydroxylamine groups is 2. The molecule has 4 heterocycles. The van der Waals surface area contributed by atoms with Gasteiger partial charge in [-0.2, -0.15) is 0 Å². The fraction of sp³-hybridized carbons (Fsp3) is 0.636. The summed E-state index contributed by atoms with van der Waals surface area (Å²) in [6.07, 6.45) is 15.2. The maximum Gasteiger partial charge on any atom is 0.231 e. The first kappa shape index (κ1) is 26.3. The molecule has 0 radical (unpaired) electrons. The van der Waals surface area contributed by atoms with E-state index in [4.69, 9.17) is 9.57 Å². The molecule has 0 aromatic heterocycles. The largest absolute Gasteiger partial charge is 0.493 e. The Bertz CT molecular complexity index is 1260. The van der Waals surface area contributed by atoms with Crippen LogP contribution in [-0.2, 0) is 32.0 Å². The Balaban J connectivity index is 0.935. The second-order valence-electron chi connectivity index (χ2n) is 13.1. The van der Waals surface area contributed by atoms with Gasteiger partial charge in [-0.15, -0.1) is 0 Å². The molecule has 40 heavy (non-hydrogen) atoms. The SMILES string of the molecule is CON1C=CC23CC(CCCCCC(=O)C4Cc5cccc6c5N(C4)C(=O)C6)CC[C@@H]2OC2=C3[C@H](C[C@@H](O)C2)C1. The van der Waals surface area contributed by atoms with Crippen molar-refractivity contribution >= 4 is 17.4 Å². The van der Waals surface area contributed by atoms with Crippen molar-refractivity contribution in [1.82, 2.24) is 5.06 Å². The van der Waals surface area contributed by atoms with E-state index < -0.39 is 0 Å². The number of hydrogen-bond acceptors (Lipinski definition) is 6. The molecule has 1 saturated carbocycles. The lowest BCUT2D eigenvalue weighted by atomic mass is 9.60. The van der Waals surface area contributed by atoms with Gasteiger partial charge in [-0.3, -0.25) is 19.5 Å². The van der Waals surface area contributed by atoms with Gasteiger partial charge in [-0.05, 0) is 61.1 Å². The molecule has 7 nitrogen and oxygen atoms in total. The van der Waals surface area contributed by atoms with E-state index in [1.807, 2.05) is 22.1 Å². The molecule has 7 rings (SSSR count). The Hall–Kier alpha value is -2.64. The number of amides is 1. The minimum absolute atomic E-state index is 0.0698. The maximum atomic E-state index is 13.1. The molecule has 6 atom stereocenters. The molecule has 3 unspecified atom stereocenters. The van der Waals surface area contributed by atoms with Crippen molar-refractivity contribution in [2.45, 2.75) is 89.3 Å². The van der Waals surface area contributed by atoms with Crippen LogP contribution in [0.4, 0.5) is 5.69 Å². The molecule has 0 bridgehead atoms. The van der Waals surface area contributed by atoms with E-state index in [1.54, 1.807) is 7.11 Å². The second kappa shape index (κ2) is 10.3. The van der Waals surface area contributed by atoms with Crippen molar-refractivity contribution in [3.05, 3.63) is 52.9 Å². The minimum atomic E-state index is -0.340. The summed E-state index contributed by atoms with van der Waals surface area (Å²) in [7, 11) is 1.72. The third-order valence-electron chi connectivity index (χ3n) is 10.7. The highest BCUT2D eigenvalue weighted by Gasteiger charge is 2.56. The van der Waals surface area contributed by atoms with Crippen molar-refractivity contribution in [2.75, 3.05) is 25.1 Å². The van der Waals surface area contributed by atoms with Crippen LogP contribution in [0.25, 0.3) is 0 Å². The number of hydrogen-bond donors (Lipinski definition) is 1. The van der Waals surface area contributed by atoms with E-state index >= 15 is 0 Å².